The van der Waals surface area contributed by atoms with E-state index in [1.165, 1.54) is 0 Å². The van der Waals surface area contributed by atoms with Crippen LogP contribution in [-0.4, -0.2) is 90.7 Å². The first kappa shape index (κ1) is 15.7. The van der Waals surface area contributed by atoms with Gasteiger partial charge in [-0.2, -0.15) is 0 Å². The molecule has 0 aliphatic rings. The topological polar surface area (TPSA) is 162 Å². The van der Waals surface area contributed by atoms with Gasteiger partial charge in [0.15, 0.2) is 0 Å². The van der Waals surface area contributed by atoms with E-state index in [9.17, 15) is 20.4 Å². The van der Waals surface area contributed by atoms with Crippen LogP contribution < -0.4 is 0 Å². The lowest BCUT2D eigenvalue weighted by atomic mass is 9.97. The van der Waals surface area contributed by atoms with E-state index in [0.29, 0.717) is 0 Å². The number of hydrogen-bond acceptors (Lipinski definition) is 8. The van der Waals surface area contributed by atoms with Crippen molar-refractivity contribution in [1.82, 2.24) is 0 Å². The van der Waals surface area contributed by atoms with Crippen molar-refractivity contribution in [2.24, 2.45) is 0 Å². The molecule has 0 saturated heterocycles. The van der Waals surface area contributed by atoms with Crippen LogP contribution in [0.5, 0.6) is 0 Å². The molecule has 8 heteroatoms. The summed E-state index contributed by atoms with van der Waals surface area (Å²) in [6.07, 6.45) is -11.1. The van der Waals surface area contributed by atoms with E-state index in [1.54, 1.807) is 0 Å². The second-order valence-corrected chi connectivity index (χ2v) is 3.46. The third-order valence-electron chi connectivity index (χ3n) is 2.21. The predicted octanol–water partition coefficient (Wildman–Crippen LogP) is -4.86. The molecule has 0 aliphatic carbocycles. The van der Waals surface area contributed by atoms with Gasteiger partial charge in [-0.25, -0.2) is 0 Å². The SMILES string of the molecule is OC[C@@H](O)[C@H](O)[C@@H](O)[C@H](O)[C@H](O)[C@@H](O)CO. The molecule has 0 unspecified atom stereocenters. The maximum absolute atomic E-state index is 9.28. The van der Waals surface area contributed by atoms with Crippen molar-refractivity contribution < 1.29 is 40.9 Å². The molecule has 98 valence electrons. The summed E-state index contributed by atoms with van der Waals surface area (Å²) < 4.78 is 0. The highest BCUT2D eigenvalue weighted by molar-refractivity contribution is 4.87. The Balaban J connectivity index is 4.41. The molecule has 16 heavy (non-hydrogen) atoms. The van der Waals surface area contributed by atoms with Crippen molar-refractivity contribution in [3.8, 4) is 0 Å². The standard InChI is InChI=1S/C8H18O8/c9-1-3(11)5(13)7(15)8(16)6(14)4(12)2-10/h3-16H,1-2H2/t3-,4+,5+,6-,7-,8-/m1/s1. The van der Waals surface area contributed by atoms with E-state index < -0.39 is 49.8 Å². The fraction of sp³-hybridized carbons (Fsp3) is 1.00. The molecule has 0 rings (SSSR count). The second-order valence-electron chi connectivity index (χ2n) is 3.46. The van der Waals surface area contributed by atoms with Gasteiger partial charge in [-0.1, -0.05) is 0 Å². The molecule has 0 aliphatic heterocycles. The molecule has 0 heterocycles. The zero-order valence-corrected chi connectivity index (χ0v) is 8.46. The number of hydrogen-bond donors (Lipinski definition) is 8. The van der Waals surface area contributed by atoms with Crippen LogP contribution in [0.2, 0.25) is 0 Å². The Hall–Kier alpha value is -0.320. The first-order valence-electron chi connectivity index (χ1n) is 4.66. The van der Waals surface area contributed by atoms with Crippen molar-refractivity contribution in [2.75, 3.05) is 13.2 Å². The summed E-state index contributed by atoms with van der Waals surface area (Å²) in [5.74, 6) is 0. The highest BCUT2D eigenvalue weighted by Crippen LogP contribution is 2.10. The molecule has 0 bridgehead atoms. The molecular formula is C8H18O8. The molecule has 6 atom stereocenters. The number of rotatable bonds is 7. The molecule has 0 radical (unpaired) electrons. The first-order chi connectivity index (χ1) is 7.36. The molecule has 0 spiro atoms. The molecule has 0 amide bonds. The van der Waals surface area contributed by atoms with E-state index in [0.717, 1.165) is 0 Å². The van der Waals surface area contributed by atoms with Crippen LogP contribution in [0.4, 0.5) is 0 Å². The third kappa shape index (κ3) is 3.92. The summed E-state index contributed by atoms with van der Waals surface area (Å²) in [7, 11) is 0. The van der Waals surface area contributed by atoms with E-state index >= 15 is 0 Å². The van der Waals surface area contributed by atoms with Gasteiger partial charge < -0.3 is 40.9 Å². The Morgan fingerprint density at radius 1 is 0.500 bits per heavy atom. The minimum absolute atomic E-state index is 0.844. The monoisotopic (exact) mass is 242 g/mol. The number of aliphatic hydroxyl groups is 8. The largest absolute Gasteiger partial charge is 0.394 e. The van der Waals surface area contributed by atoms with Crippen molar-refractivity contribution >= 4 is 0 Å². The van der Waals surface area contributed by atoms with Crippen LogP contribution in [0.1, 0.15) is 0 Å². The first-order valence-corrected chi connectivity index (χ1v) is 4.66. The minimum atomic E-state index is -1.97. The van der Waals surface area contributed by atoms with Crippen molar-refractivity contribution in [2.45, 2.75) is 36.6 Å². The average Bonchev–Trinajstić information content (AvgIpc) is 2.32. The summed E-state index contributed by atoms with van der Waals surface area (Å²) in [6, 6.07) is 0. The molecule has 8 N–H and O–H groups in total. The molecule has 8 nitrogen and oxygen atoms in total. The Labute approximate surface area is 91.6 Å². The van der Waals surface area contributed by atoms with Crippen LogP contribution in [0, 0.1) is 0 Å². The van der Waals surface area contributed by atoms with Crippen LogP contribution >= 0.6 is 0 Å². The van der Waals surface area contributed by atoms with Gasteiger partial charge in [-0.05, 0) is 0 Å². The quantitative estimate of drug-likeness (QED) is 0.220. The van der Waals surface area contributed by atoms with E-state index in [-0.39, 0.29) is 0 Å². The van der Waals surface area contributed by atoms with E-state index in [2.05, 4.69) is 0 Å². The van der Waals surface area contributed by atoms with Crippen molar-refractivity contribution in [3.05, 3.63) is 0 Å². The summed E-state index contributed by atoms with van der Waals surface area (Å²) in [6.45, 7) is -1.69. The predicted molar refractivity (Wildman–Crippen MR) is 50.2 cm³/mol. The molecule has 0 aromatic rings. The lowest BCUT2D eigenvalue weighted by Crippen LogP contribution is -2.53. The Kier molecular flexibility index (Phi) is 6.95. The smallest absolute Gasteiger partial charge is 0.111 e. The Bertz CT molecular complexity index is 169. The zero-order chi connectivity index (χ0) is 12.9. The van der Waals surface area contributed by atoms with Gasteiger partial charge in [0.1, 0.15) is 36.6 Å². The fourth-order valence-corrected chi connectivity index (χ4v) is 1.08. The Morgan fingerprint density at radius 3 is 0.938 bits per heavy atom. The maximum atomic E-state index is 9.28. The van der Waals surface area contributed by atoms with Gasteiger partial charge in [0.05, 0.1) is 13.2 Å². The lowest BCUT2D eigenvalue weighted by molar-refractivity contribution is -0.161. The Morgan fingerprint density at radius 2 is 0.750 bits per heavy atom. The van der Waals surface area contributed by atoms with Gasteiger partial charge in [0, 0.05) is 0 Å². The maximum Gasteiger partial charge on any atom is 0.111 e. The van der Waals surface area contributed by atoms with E-state index in [1.807, 2.05) is 0 Å². The van der Waals surface area contributed by atoms with Gasteiger partial charge in [-0.3, -0.25) is 0 Å². The van der Waals surface area contributed by atoms with Crippen LogP contribution in [-0.2, 0) is 0 Å². The molecule has 0 fully saturated rings. The van der Waals surface area contributed by atoms with Gasteiger partial charge in [-0.15, -0.1) is 0 Å². The molecule has 0 aromatic heterocycles. The summed E-state index contributed by atoms with van der Waals surface area (Å²) in [5, 5.41) is 71.8. The number of aliphatic hydroxyl groups excluding tert-OH is 8. The molecule has 0 saturated carbocycles. The average molecular weight is 242 g/mol. The van der Waals surface area contributed by atoms with Crippen molar-refractivity contribution in [3.63, 3.8) is 0 Å². The second kappa shape index (κ2) is 7.09. The summed E-state index contributed by atoms with van der Waals surface area (Å²) in [4.78, 5) is 0. The fourth-order valence-electron chi connectivity index (χ4n) is 1.08. The normalized spacial score (nSPS) is 23.2. The summed E-state index contributed by atoms with van der Waals surface area (Å²) in [5.41, 5.74) is 0. The minimum Gasteiger partial charge on any atom is -0.394 e. The summed E-state index contributed by atoms with van der Waals surface area (Å²) >= 11 is 0. The zero-order valence-electron chi connectivity index (χ0n) is 8.46. The molecule has 0 aromatic carbocycles. The van der Waals surface area contributed by atoms with Gasteiger partial charge >= 0.3 is 0 Å². The van der Waals surface area contributed by atoms with E-state index in [4.69, 9.17) is 20.4 Å². The van der Waals surface area contributed by atoms with Crippen molar-refractivity contribution in [1.29, 1.82) is 0 Å². The molecular weight excluding hydrogens is 224 g/mol. The van der Waals surface area contributed by atoms with Gasteiger partial charge in [0.25, 0.3) is 0 Å². The highest BCUT2D eigenvalue weighted by Gasteiger charge is 2.36. The van der Waals surface area contributed by atoms with Crippen LogP contribution in [0.3, 0.4) is 0 Å². The third-order valence-corrected chi connectivity index (χ3v) is 2.21. The highest BCUT2D eigenvalue weighted by atomic mass is 16.4. The van der Waals surface area contributed by atoms with Gasteiger partial charge in [0.2, 0.25) is 0 Å². The lowest BCUT2D eigenvalue weighted by Gasteiger charge is -2.29. The van der Waals surface area contributed by atoms with Crippen LogP contribution in [0.15, 0.2) is 0 Å². The van der Waals surface area contributed by atoms with Crippen LogP contribution in [0.25, 0.3) is 0 Å².